The van der Waals surface area contributed by atoms with Gasteiger partial charge in [-0.05, 0) is 22.9 Å². The lowest BCUT2D eigenvalue weighted by Crippen LogP contribution is -1.91. The Hall–Kier alpha value is -2.75. The Morgan fingerprint density at radius 1 is 0.900 bits per heavy atom. The van der Waals surface area contributed by atoms with E-state index in [-0.39, 0.29) is 5.75 Å². The zero-order chi connectivity index (χ0) is 13.9. The third-order valence-electron chi connectivity index (χ3n) is 2.95. The number of hydrogen-bond donors (Lipinski definition) is 1. The lowest BCUT2D eigenvalue weighted by atomic mass is 10.1. The molecule has 0 atom stereocenters. The highest BCUT2D eigenvalue weighted by atomic mass is 16.5. The Morgan fingerprint density at radius 3 is 2.35 bits per heavy atom. The summed E-state index contributed by atoms with van der Waals surface area (Å²) in [7, 11) is 1.54. The maximum absolute atomic E-state index is 10.0. The van der Waals surface area contributed by atoms with Crippen molar-refractivity contribution in [2.24, 2.45) is 0 Å². The number of pyridine rings is 1. The first-order valence-electron chi connectivity index (χ1n) is 6.17. The van der Waals surface area contributed by atoms with Gasteiger partial charge in [0.05, 0.1) is 7.11 Å². The minimum atomic E-state index is 0.0771. The number of hydrogen-bond acceptors (Lipinski definition) is 4. The van der Waals surface area contributed by atoms with E-state index in [9.17, 15) is 5.11 Å². The summed E-state index contributed by atoms with van der Waals surface area (Å²) in [5, 5.41) is 12.0. The zero-order valence-electron chi connectivity index (χ0n) is 10.9. The Morgan fingerprint density at radius 2 is 1.60 bits per heavy atom. The second-order valence-corrected chi connectivity index (χ2v) is 4.29. The van der Waals surface area contributed by atoms with Crippen LogP contribution in [0.5, 0.6) is 23.3 Å². The number of aromatic nitrogens is 1. The summed E-state index contributed by atoms with van der Waals surface area (Å²) in [6.07, 6.45) is 0. The maximum atomic E-state index is 10.0. The summed E-state index contributed by atoms with van der Waals surface area (Å²) in [5.41, 5.74) is 0. The van der Waals surface area contributed by atoms with E-state index in [4.69, 9.17) is 9.47 Å². The average Bonchev–Trinajstić information content (AvgIpc) is 2.48. The molecule has 0 saturated carbocycles. The van der Waals surface area contributed by atoms with Gasteiger partial charge < -0.3 is 14.6 Å². The van der Waals surface area contributed by atoms with Crippen molar-refractivity contribution >= 4 is 10.8 Å². The normalized spacial score (nSPS) is 10.4. The minimum Gasteiger partial charge on any atom is -0.504 e. The van der Waals surface area contributed by atoms with Crippen LogP contribution in [0, 0.1) is 0 Å². The van der Waals surface area contributed by atoms with Crippen LogP contribution in [0.15, 0.2) is 54.6 Å². The third kappa shape index (κ3) is 2.36. The number of phenolic OH excluding ortho intramolecular Hbond substituents is 1. The molecule has 0 spiro atoms. The Labute approximate surface area is 116 Å². The van der Waals surface area contributed by atoms with Gasteiger partial charge in [0.2, 0.25) is 11.8 Å². The van der Waals surface area contributed by atoms with Gasteiger partial charge in [0.15, 0.2) is 11.5 Å². The molecule has 20 heavy (non-hydrogen) atoms. The van der Waals surface area contributed by atoms with Crippen LogP contribution in [0.25, 0.3) is 10.8 Å². The molecule has 1 N–H and O–H groups in total. The summed E-state index contributed by atoms with van der Waals surface area (Å²) in [4.78, 5) is 4.15. The molecule has 3 rings (SSSR count). The van der Waals surface area contributed by atoms with Crippen molar-refractivity contribution in [3.63, 3.8) is 0 Å². The number of ether oxygens (including phenoxy) is 2. The third-order valence-corrected chi connectivity index (χ3v) is 2.95. The molecule has 4 nitrogen and oxygen atoms in total. The zero-order valence-corrected chi connectivity index (χ0v) is 10.9. The number of rotatable bonds is 3. The maximum Gasteiger partial charge on any atom is 0.222 e. The van der Waals surface area contributed by atoms with E-state index in [0.29, 0.717) is 17.5 Å². The monoisotopic (exact) mass is 267 g/mol. The number of phenols is 1. The molecule has 0 unspecified atom stereocenters. The van der Waals surface area contributed by atoms with E-state index >= 15 is 0 Å². The van der Waals surface area contributed by atoms with Gasteiger partial charge in [-0.3, -0.25) is 0 Å². The van der Waals surface area contributed by atoms with Crippen LogP contribution in [-0.4, -0.2) is 17.2 Å². The van der Waals surface area contributed by atoms with Crippen LogP contribution in [0.4, 0.5) is 0 Å². The molecule has 0 aliphatic carbocycles. The largest absolute Gasteiger partial charge is 0.504 e. The molecular formula is C16H13NO3. The lowest BCUT2D eigenvalue weighted by Gasteiger charge is -2.09. The quantitative estimate of drug-likeness (QED) is 0.785. The summed E-state index contributed by atoms with van der Waals surface area (Å²) in [6.45, 7) is 0. The molecule has 0 bridgehead atoms. The van der Waals surface area contributed by atoms with Crippen LogP contribution in [-0.2, 0) is 0 Å². The van der Waals surface area contributed by atoms with Crippen LogP contribution in [0.1, 0.15) is 0 Å². The number of aromatic hydroxyl groups is 1. The number of nitrogens with zero attached hydrogens (tertiary/aromatic N) is 1. The van der Waals surface area contributed by atoms with Crippen molar-refractivity contribution in [2.75, 3.05) is 7.11 Å². The molecule has 1 heterocycles. The second-order valence-electron chi connectivity index (χ2n) is 4.29. The van der Waals surface area contributed by atoms with Gasteiger partial charge in [0, 0.05) is 12.1 Å². The van der Waals surface area contributed by atoms with E-state index in [1.807, 2.05) is 24.3 Å². The van der Waals surface area contributed by atoms with Crippen molar-refractivity contribution in [2.45, 2.75) is 0 Å². The van der Waals surface area contributed by atoms with Crippen molar-refractivity contribution < 1.29 is 14.6 Å². The number of fused-ring (bicyclic) bond motifs is 1. The molecular weight excluding hydrogens is 254 g/mol. The predicted molar refractivity (Wildman–Crippen MR) is 76.5 cm³/mol. The highest BCUT2D eigenvalue weighted by Crippen LogP contribution is 2.34. The molecule has 2 aromatic carbocycles. The summed E-state index contributed by atoms with van der Waals surface area (Å²) in [6, 6.07) is 16.4. The molecule has 100 valence electrons. The first-order chi connectivity index (χ1) is 9.76. The Kier molecular flexibility index (Phi) is 3.13. The minimum absolute atomic E-state index is 0.0771. The predicted octanol–water partition coefficient (Wildman–Crippen LogP) is 3.74. The van der Waals surface area contributed by atoms with Crippen molar-refractivity contribution in [1.82, 2.24) is 4.98 Å². The highest BCUT2D eigenvalue weighted by Gasteiger charge is 2.07. The fourth-order valence-corrected chi connectivity index (χ4v) is 1.97. The topological polar surface area (TPSA) is 51.6 Å². The van der Waals surface area contributed by atoms with E-state index in [1.54, 1.807) is 37.4 Å². The first-order valence-corrected chi connectivity index (χ1v) is 6.17. The van der Waals surface area contributed by atoms with Gasteiger partial charge in [0.1, 0.15) is 0 Å². The van der Waals surface area contributed by atoms with E-state index in [0.717, 1.165) is 10.8 Å². The average molecular weight is 267 g/mol. The summed E-state index contributed by atoms with van der Waals surface area (Å²) >= 11 is 0. The van der Waals surface area contributed by atoms with E-state index in [1.165, 1.54) is 0 Å². The van der Waals surface area contributed by atoms with Gasteiger partial charge in [-0.25, -0.2) is 0 Å². The van der Waals surface area contributed by atoms with Gasteiger partial charge in [0.25, 0.3) is 0 Å². The highest BCUT2D eigenvalue weighted by molar-refractivity contribution is 5.85. The first kappa shape index (κ1) is 12.3. The van der Waals surface area contributed by atoms with Crippen molar-refractivity contribution in [3.8, 4) is 23.3 Å². The van der Waals surface area contributed by atoms with Crippen molar-refractivity contribution in [1.29, 1.82) is 0 Å². The number of methoxy groups -OCH3 is 1. The fourth-order valence-electron chi connectivity index (χ4n) is 1.97. The standard InChI is InChI=1S/C16H13NO3/c1-19-15-7-4-8-16(17-15)20-14-10-12-6-3-2-5-11(12)9-13(14)18/h2-10,18H,1H3. The molecule has 1 aromatic heterocycles. The molecule has 0 amide bonds. The molecule has 4 heteroatoms. The fraction of sp³-hybridized carbons (Fsp3) is 0.0625. The van der Waals surface area contributed by atoms with Crippen LogP contribution in [0.3, 0.4) is 0 Å². The Balaban J connectivity index is 1.99. The van der Waals surface area contributed by atoms with Gasteiger partial charge in [-0.1, -0.05) is 30.3 Å². The Bertz CT molecular complexity index is 756. The molecule has 3 aromatic rings. The molecule has 0 fully saturated rings. The smallest absolute Gasteiger partial charge is 0.222 e. The van der Waals surface area contributed by atoms with Crippen LogP contribution < -0.4 is 9.47 Å². The molecule has 0 saturated heterocycles. The van der Waals surface area contributed by atoms with E-state index < -0.39 is 0 Å². The van der Waals surface area contributed by atoms with Crippen LogP contribution >= 0.6 is 0 Å². The SMILES string of the molecule is COc1cccc(Oc2cc3ccccc3cc2O)n1. The van der Waals surface area contributed by atoms with Gasteiger partial charge >= 0.3 is 0 Å². The van der Waals surface area contributed by atoms with E-state index in [2.05, 4.69) is 4.98 Å². The van der Waals surface area contributed by atoms with Gasteiger partial charge in [-0.15, -0.1) is 0 Å². The summed E-state index contributed by atoms with van der Waals surface area (Å²) < 4.78 is 10.7. The molecule has 0 aliphatic rings. The number of benzene rings is 2. The van der Waals surface area contributed by atoms with Crippen molar-refractivity contribution in [3.05, 3.63) is 54.6 Å². The van der Waals surface area contributed by atoms with Gasteiger partial charge in [-0.2, -0.15) is 4.98 Å². The second kappa shape index (κ2) is 5.09. The molecule has 0 radical (unpaired) electrons. The molecule has 0 aliphatic heterocycles. The lowest BCUT2D eigenvalue weighted by molar-refractivity contribution is 0.374. The van der Waals surface area contributed by atoms with Crippen LogP contribution in [0.2, 0.25) is 0 Å². The summed E-state index contributed by atoms with van der Waals surface area (Å²) in [5.74, 6) is 1.27.